The molecule has 11 heteroatoms. The quantitative estimate of drug-likeness (QED) is 0.688. The largest absolute Gasteiger partial charge is 0.490 e. The second-order valence-electron chi connectivity index (χ2n) is 6.17. The van der Waals surface area contributed by atoms with Gasteiger partial charge in [-0.05, 0) is 26.0 Å². The van der Waals surface area contributed by atoms with Gasteiger partial charge in [-0.2, -0.15) is 13.2 Å². The number of rotatable bonds is 3. The van der Waals surface area contributed by atoms with E-state index in [4.69, 9.17) is 9.90 Å². The number of imidazole rings is 1. The van der Waals surface area contributed by atoms with E-state index in [0.29, 0.717) is 17.8 Å². The number of carbonyl (C=O) groups excluding carboxylic acids is 1. The number of aromatic amines is 1. The second-order valence-corrected chi connectivity index (χ2v) is 6.17. The van der Waals surface area contributed by atoms with Gasteiger partial charge in [-0.25, -0.2) is 9.78 Å². The number of alkyl halides is 3. The van der Waals surface area contributed by atoms with Crippen LogP contribution >= 0.6 is 0 Å². The highest BCUT2D eigenvalue weighted by Gasteiger charge is 2.38. The fourth-order valence-electron chi connectivity index (χ4n) is 2.38. The lowest BCUT2D eigenvalue weighted by atomic mass is 10.1. The number of aromatic nitrogens is 4. The average molecular weight is 409 g/mol. The summed E-state index contributed by atoms with van der Waals surface area (Å²) < 4.78 is 31.7. The Morgan fingerprint density at radius 1 is 1.24 bits per heavy atom. The van der Waals surface area contributed by atoms with Gasteiger partial charge in [-0.3, -0.25) is 14.8 Å². The number of fused-ring (bicyclic) bond motifs is 1. The van der Waals surface area contributed by atoms with Gasteiger partial charge in [0.15, 0.2) is 0 Å². The molecule has 0 aliphatic rings. The van der Waals surface area contributed by atoms with Crippen molar-refractivity contribution in [2.24, 2.45) is 0 Å². The van der Waals surface area contributed by atoms with Crippen LogP contribution in [-0.2, 0) is 11.3 Å². The molecule has 0 bridgehead atoms. The second kappa shape index (κ2) is 8.67. The molecule has 3 rings (SSSR count). The Morgan fingerprint density at radius 3 is 2.45 bits per heavy atom. The van der Waals surface area contributed by atoms with E-state index in [9.17, 15) is 18.0 Å². The van der Waals surface area contributed by atoms with Gasteiger partial charge in [-0.15, -0.1) is 0 Å². The molecular weight excluding hydrogens is 391 g/mol. The summed E-state index contributed by atoms with van der Waals surface area (Å²) in [6, 6.07) is 3.68. The number of halogens is 3. The third kappa shape index (κ3) is 5.74. The van der Waals surface area contributed by atoms with Gasteiger partial charge in [-0.1, -0.05) is 0 Å². The molecule has 0 aromatic carbocycles. The predicted octanol–water partition coefficient (Wildman–Crippen LogP) is 2.88. The third-order valence-corrected chi connectivity index (χ3v) is 3.77. The van der Waals surface area contributed by atoms with Crippen LogP contribution in [0.2, 0.25) is 0 Å². The van der Waals surface area contributed by atoms with Crippen molar-refractivity contribution in [2.45, 2.75) is 26.6 Å². The van der Waals surface area contributed by atoms with E-state index in [0.717, 1.165) is 22.4 Å². The van der Waals surface area contributed by atoms with E-state index in [1.54, 1.807) is 30.5 Å². The first-order valence-electron chi connectivity index (χ1n) is 8.26. The maximum absolute atomic E-state index is 12.6. The summed E-state index contributed by atoms with van der Waals surface area (Å²) in [7, 11) is 1.76. The molecule has 0 aliphatic carbocycles. The van der Waals surface area contributed by atoms with E-state index < -0.39 is 12.1 Å². The van der Waals surface area contributed by atoms with E-state index in [1.165, 1.54) is 0 Å². The van der Waals surface area contributed by atoms with Crippen molar-refractivity contribution in [1.82, 2.24) is 24.8 Å². The number of aryl methyl sites for hydroxylation is 2. The van der Waals surface area contributed by atoms with E-state index in [2.05, 4.69) is 19.9 Å². The van der Waals surface area contributed by atoms with Crippen molar-refractivity contribution in [2.75, 3.05) is 7.05 Å². The number of carboxylic acid groups (broad SMARTS) is 1. The standard InChI is InChI=1S/C16H17N5O.C2HF3O2/c1-10-7-18-15(19-10)9-21(3)16(22)13-6-12-8-17-5-4-14(12)20-11(13)2;3-2(4,5)1(6)7/h4-8H,9H2,1-3H3,(H,18,19);(H,6,7). The van der Waals surface area contributed by atoms with Crippen molar-refractivity contribution in [3.8, 4) is 0 Å². The van der Waals surface area contributed by atoms with Gasteiger partial charge < -0.3 is 15.0 Å². The lowest BCUT2D eigenvalue weighted by molar-refractivity contribution is -0.192. The van der Waals surface area contributed by atoms with Crippen molar-refractivity contribution in [1.29, 1.82) is 0 Å². The van der Waals surface area contributed by atoms with Gasteiger partial charge in [0, 0.05) is 36.7 Å². The summed E-state index contributed by atoms with van der Waals surface area (Å²) in [5.41, 5.74) is 3.12. The summed E-state index contributed by atoms with van der Waals surface area (Å²) in [5.74, 6) is -2.07. The zero-order valence-electron chi connectivity index (χ0n) is 15.8. The third-order valence-electron chi connectivity index (χ3n) is 3.77. The molecule has 3 aromatic rings. The molecule has 0 saturated carbocycles. The topological polar surface area (TPSA) is 112 Å². The van der Waals surface area contributed by atoms with Crippen LogP contribution in [0.3, 0.4) is 0 Å². The number of hydrogen-bond donors (Lipinski definition) is 2. The zero-order chi connectivity index (χ0) is 21.8. The highest BCUT2D eigenvalue weighted by atomic mass is 19.4. The smallest absolute Gasteiger partial charge is 0.475 e. The van der Waals surface area contributed by atoms with Gasteiger partial charge in [0.25, 0.3) is 5.91 Å². The van der Waals surface area contributed by atoms with Gasteiger partial charge in [0.1, 0.15) is 5.82 Å². The first kappa shape index (κ1) is 21.8. The summed E-state index contributed by atoms with van der Waals surface area (Å²) >= 11 is 0. The minimum absolute atomic E-state index is 0.0789. The molecule has 0 saturated heterocycles. The summed E-state index contributed by atoms with van der Waals surface area (Å²) in [6.45, 7) is 4.21. The molecule has 8 nitrogen and oxygen atoms in total. The van der Waals surface area contributed by atoms with E-state index in [-0.39, 0.29) is 5.91 Å². The molecule has 2 N–H and O–H groups in total. The monoisotopic (exact) mass is 409 g/mol. The van der Waals surface area contributed by atoms with Crippen molar-refractivity contribution < 1.29 is 27.9 Å². The first-order valence-corrected chi connectivity index (χ1v) is 8.26. The number of aliphatic carboxylic acids is 1. The normalized spacial score (nSPS) is 11.0. The van der Waals surface area contributed by atoms with Crippen molar-refractivity contribution in [3.05, 3.63) is 53.5 Å². The number of amides is 1. The minimum Gasteiger partial charge on any atom is -0.475 e. The Hall–Kier alpha value is -3.50. The van der Waals surface area contributed by atoms with Crippen LogP contribution in [0.15, 0.2) is 30.7 Å². The van der Waals surface area contributed by atoms with Crippen LogP contribution in [0.5, 0.6) is 0 Å². The van der Waals surface area contributed by atoms with Crippen LogP contribution in [-0.4, -0.2) is 55.0 Å². The molecular formula is C18H18F3N5O3. The van der Waals surface area contributed by atoms with Gasteiger partial charge >= 0.3 is 12.1 Å². The summed E-state index contributed by atoms with van der Waals surface area (Å²) in [6.07, 6.45) is 0.0816. The van der Waals surface area contributed by atoms with Gasteiger partial charge in [0.05, 0.1) is 23.3 Å². The number of pyridine rings is 2. The molecule has 0 spiro atoms. The van der Waals surface area contributed by atoms with Crippen LogP contribution in [0.1, 0.15) is 27.6 Å². The Bertz CT molecular complexity index is 1030. The molecule has 0 aliphatic heterocycles. The Morgan fingerprint density at radius 2 is 1.90 bits per heavy atom. The van der Waals surface area contributed by atoms with Crippen LogP contribution in [0.25, 0.3) is 10.9 Å². The van der Waals surface area contributed by atoms with Crippen LogP contribution in [0, 0.1) is 13.8 Å². The van der Waals surface area contributed by atoms with E-state index >= 15 is 0 Å². The molecule has 0 radical (unpaired) electrons. The number of nitrogens with zero attached hydrogens (tertiary/aromatic N) is 4. The molecule has 3 heterocycles. The lowest BCUT2D eigenvalue weighted by Crippen LogP contribution is -2.27. The van der Waals surface area contributed by atoms with Gasteiger partial charge in [0.2, 0.25) is 0 Å². The summed E-state index contributed by atoms with van der Waals surface area (Å²) in [4.78, 5) is 39.1. The molecule has 29 heavy (non-hydrogen) atoms. The highest BCUT2D eigenvalue weighted by Crippen LogP contribution is 2.17. The van der Waals surface area contributed by atoms with E-state index in [1.807, 2.05) is 26.0 Å². The fraction of sp³-hybridized carbons (Fsp3) is 0.278. The predicted molar refractivity (Wildman–Crippen MR) is 97.1 cm³/mol. The zero-order valence-corrected chi connectivity index (χ0v) is 15.8. The highest BCUT2D eigenvalue weighted by molar-refractivity contribution is 5.98. The number of H-pyrrole nitrogens is 1. The number of carbonyl (C=O) groups is 2. The SMILES string of the molecule is Cc1cnc(CN(C)C(=O)c2cc3cnccc3nc2C)[nH]1.O=C(O)C(F)(F)F. The van der Waals surface area contributed by atoms with Crippen molar-refractivity contribution >= 4 is 22.8 Å². The number of nitrogens with one attached hydrogen (secondary N) is 1. The first-order chi connectivity index (χ1) is 13.5. The Kier molecular flexibility index (Phi) is 6.52. The maximum Gasteiger partial charge on any atom is 0.490 e. The number of hydrogen-bond acceptors (Lipinski definition) is 5. The summed E-state index contributed by atoms with van der Waals surface area (Å²) in [5, 5.41) is 7.98. The molecule has 0 unspecified atom stereocenters. The lowest BCUT2D eigenvalue weighted by Gasteiger charge is -2.17. The molecule has 0 fully saturated rings. The van der Waals surface area contributed by atoms with Crippen molar-refractivity contribution in [3.63, 3.8) is 0 Å². The molecule has 0 atom stereocenters. The van der Waals surface area contributed by atoms with Crippen LogP contribution < -0.4 is 0 Å². The maximum atomic E-state index is 12.6. The minimum atomic E-state index is -5.08. The molecule has 3 aromatic heterocycles. The molecule has 1 amide bonds. The number of carboxylic acids is 1. The van der Waals surface area contributed by atoms with Crippen LogP contribution in [0.4, 0.5) is 13.2 Å². The Labute approximate surface area is 163 Å². The average Bonchev–Trinajstić information content (AvgIpc) is 3.05. The Balaban J connectivity index is 0.000000370. The fourth-order valence-corrected chi connectivity index (χ4v) is 2.38. The molecule has 154 valence electrons.